The number of hydrogen-bond acceptors (Lipinski definition) is 3. The summed E-state index contributed by atoms with van der Waals surface area (Å²) in [6, 6.07) is 3.70. The molecule has 2 heterocycles. The van der Waals surface area contributed by atoms with Crippen molar-refractivity contribution in [3.8, 4) is 0 Å². The van der Waals surface area contributed by atoms with Crippen molar-refractivity contribution in [1.29, 1.82) is 0 Å². The van der Waals surface area contributed by atoms with Gasteiger partial charge < -0.3 is 10.2 Å². The number of amides is 1. The van der Waals surface area contributed by atoms with Crippen molar-refractivity contribution < 1.29 is 4.79 Å². The van der Waals surface area contributed by atoms with E-state index in [0.29, 0.717) is 6.54 Å². The molecule has 0 spiro atoms. The van der Waals surface area contributed by atoms with Crippen LogP contribution in [0.5, 0.6) is 0 Å². The first-order valence-electron chi connectivity index (χ1n) is 4.29. The van der Waals surface area contributed by atoms with E-state index in [1.54, 1.807) is 17.3 Å². The van der Waals surface area contributed by atoms with Crippen molar-refractivity contribution >= 4 is 11.6 Å². The highest BCUT2D eigenvalue weighted by Gasteiger charge is 2.18. The van der Waals surface area contributed by atoms with Crippen molar-refractivity contribution in [2.75, 3.05) is 24.5 Å². The zero-order valence-corrected chi connectivity index (χ0v) is 7.23. The Morgan fingerprint density at radius 3 is 2.85 bits per heavy atom. The Labute approximate surface area is 76.6 Å². The summed E-state index contributed by atoms with van der Waals surface area (Å²) < 4.78 is 0. The monoisotopic (exact) mass is 177 g/mol. The standard InChI is InChI=1S/C9H11N3O/c13-9-7-11-5-6-12(9)8-1-3-10-4-2-8/h1-4,11H,5-7H2. The van der Waals surface area contributed by atoms with Gasteiger partial charge in [-0.05, 0) is 12.1 Å². The fraction of sp³-hybridized carbons (Fsp3) is 0.333. The number of nitrogens with zero attached hydrogens (tertiary/aromatic N) is 2. The lowest BCUT2D eigenvalue weighted by atomic mass is 10.3. The van der Waals surface area contributed by atoms with Gasteiger partial charge in [0.2, 0.25) is 5.91 Å². The van der Waals surface area contributed by atoms with Crippen molar-refractivity contribution in [1.82, 2.24) is 10.3 Å². The molecule has 13 heavy (non-hydrogen) atoms. The van der Waals surface area contributed by atoms with Gasteiger partial charge in [-0.3, -0.25) is 9.78 Å². The molecule has 0 atom stereocenters. The van der Waals surface area contributed by atoms with Gasteiger partial charge in [0.15, 0.2) is 0 Å². The highest BCUT2D eigenvalue weighted by molar-refractivity contribution is 5.95. The smallest absolute Gasteiger partial charge is 0.240 e. The second-order valence-corrected chi connectivity index (χ2v) is 2.93. The number of piperazine rings is 1. The van der Waals surface area contributed by atoms with E-state index in [2.05, 4.69) is 10.3 Å². The zero-order chi connectivity index (χ0) is 9.10. The van der Waals surface area contributed by atoms with Crippen LogP contribution in [0.15, 0.2) is 24.5 Å². The molecule has 4 nitrogen and oxygen atoms in total. The number of carbonyl (C=O) groups is 1. The first-order valence-corrected chi connectivity index (χ1v) is 4.29. The summed E-state index contributed by atoms with van der Waals surface area (Å²) in [7, 11) is 0. The molecule has 1 aromatic rings. The predicted octanol–water partition coefficient (Wildman–Crippen LogP) is 0.0178. The maximum atomic E-state index is 11.4. The largest absolute Gasteiger partial charge is 0.310 e. The third kappa shape index (κ3) is 1.67. The molecular weight excluding hydrogens is 166 g/mol. The van der Waals surface area contributed by atoms with E-state index in [-0.39, 0.29) is 5.91 Å². The van der Waals surface area contributed by atoms with Crippen LogP contribution in [0.1, 0.15) is 0 Å². The lowest BCUT2D eigenvalue weighted by Crippen LogP contribution is -2.48. The quantitative estimate of drug-likeness (QED) is 0.657. The van der Waals surface area contributed by atoms with Crippen LogP contribution in [0.4, 0.5) is 5.69 Å². The Morgan fingerprint density at radius 2 is 2.15 bits per heavy atom. The summed E-state index contributed by atoms with van der Waals surface area (Å²) in [6.07, 6.45) is 3.40. The lowest BCUT2D eigenvalue weighted by Gasteiger charge is -2.27. The fourth-order valence-electron chi connectivity index (χ4n) is 1.40. The van der Waals surface area contributed by atoms with Gasteiger partial charge in [0.25, 0.3) is 0 Å². The highest BCUT2D eigenvalue weighted by atomic mass is 16.2. The topological polar surface area (TPSA) is 45.2 Å². The number of hydrogen-bond donors (Lipinski definition) is 1. The van der Waals surface area contributed by atoms with E-state index in [9.17, 15) is 4.79 Å². The molecule has 0 radical (unpaired) electrons. The second kappa shape index (κ2) is 3.53. The Bertz CT molecular complexity index is 299. The summed E-state index contributed by atoms with van der Waals surface area (Å²) in [5.74, 6) is 0.123. The molecule has 1 saturated heterocycles. The maximum absolute atomic E-state index is 11.4. The molecule has 1 aliphatic rings. The summed E-state index contributed by atoms with van der Waals surface area (Å²) in [5, 5.41) is 3.03. The molecular formula is C9H11N3O. The van der Waals surface area contributed by atoms with Gasteiger partial charge in [0.1, 0.15) is 0 Å². The van der Waals surface area contributed by atoms with Crippen LogP contribution < -0.4 is 10.2 Å². The number of pyridine rings is 1. The van der Waals surface area contributed by atoms with Gasteiger partial charge in [-0.2, -0.15) is 0 Å². The number of nitrogens with one attached hydrogen (secondary N) is 1. The van der Waals surface area contributed by atoms with Crippen molar-refractivity contribution in [3.63, 3.8) is 0 Å². The third-order valence-corrected chi connectivity index (χ3v) is 2.06. The van der Waals surface area contributed by atoms with Crippen LogP contribution in [-0.2, 0) is 4.79 Å². The van der Waals surface area contributed by atoms with E-state index in [4.69, 9.17) is 0 Å². The van der Waals surface area contributed by atoms with Gasteiger partial charge in [-0.15, -0.1) is 0 Å². The minimum absolute atomic E-state index is 0.123. The average molecular weight is 177 g/mol. The molecule has 4 heteroatoms. The van der Waals surface area contributed by atoms with Crippen LogP contribution in [0.3, 0.4) is 0 Å². The maximum Gasteiger partial charge on any atom is 0.240 e. The Balaban J connectivity index is 2.20. The highest BCUT2D eigenvalue weighted by Crippen LogP contribution is 2.12. The minimum Gasteiger partial charge on any atom is -0.310 e. The molecule has 2 rings (SSSR count). The van der Waals surface area contributed by atoms with E-state index >= 15 is 0 Å². The Hall–Kier alpha value is -1.42. The SMILES string of the molecule is O=C1CNCCN1c1ccncc1. The molecule has 0 aliphatic carbocycles. The minimum atomic E-state index is 0.123. The summed E-state index contributed by atoms with van der Waals surface area (Å²) in [6.45, 7) is 2.03. The van der Waals surface area contributed by atoms with E-state index in [0.717, 1.165) is 18.8 Å². The molecule has 0 aromatic carbocycles. The van der Waals surface area contributed by atoms with Gasteiger partial charge in [-0.1, -0.05) is 0 Å². The van der Waals surface area contributed by atoms with E-state index < -0.39 is 0 Å². The fourth-order valence-corrected chi connectivity index (χ4v) is 1.40. The average Bonchev–Trinajstić information content (AvgIpc) is 2.20. The van der Waals surface area contributed by atoms with Crippen LogP contribution in [0.2, 0.25) is 0 Å². The molecule has 1 amide bonds. The Morgan fingerprint density at radius 1 is 1.38 bits per heavy atom. The molecule has 0 saturated carbocycles. The Kier molecular flexibility index (Phi) is 2.23. The molecule has 0 bridgehead atoms. The van der Waals surface area contributed by atoms with Gasteiger partial charge in [-0.25, -0.2) is 0 Å². The normalized spacial score (nSPS) is 17.5. The third-order valence-electron chi connectivity index (χ3n) is 2.06. The zero-order valence-electron chi connectivity index (χ0n) is 7.23. The molecule has 68 valence electrons. The molecule has 0 unspecified atom stereocenters. The van der Waals surface area contributed by atoms with Crippen molar-refractivity contribution in [2.24, 2.45) is 0 Å². The number of rotatable bonds is 1. The second-order valence-electron chi connectivity index (χ2n) is 2.93. The summed E-state index contributed by atoms with van der Waals surface area (Å²) in [4.78, 5) is 17.1. The first kappa shape index (κ1) is 8.19. The van der Waals surface area contributed by atoms with Crippen LogP contribution >= 0.6 is 0 Å². The molecule has 1 fully saturated rings. The number of anilines is 1. The first-order chi connectivity index (χ1) is 6.38. The van der Waals surface area contributed by atoms with E-state index in [1.165, 1.54) is 0 Å². The van der Waals surface area contributed by atoms with Crippen molar-refractivity contribution in [3.05, 3.63) is 24.5 Å². The predicted molar refractivity (Wildman–Crippen MR) is 49.5 cm³/mol. The molecule has 1 N–H and O–H groups in total. The number of aromatic nitrogens is 1. The molecule has 1 aliphatic heterocycles. The lowest BCUT2D eigenvalue weighted by molar-refractivity contribution is -0.118. The summed E-state index contributed by atoms with van der Waals surface area (Å²) >= 11 is 0. The van der Waals surface area contributed by atoms with Gasteiger partial charge >= 0.3 is 0 Å². The van der Waals surface area contributed by atoms with E-state index in [1.807, 2.05) is 12.1 Å². The molecule has 1 aromatic heterocycles. The summed E-state index contributed by atoms with van der Waals surface area (Å²) in [5.41, 5.74) is 0.932. The van der Waals surface area contributed by atoms with Crippen LogP contribution in [0.25, 0.3) is 0 Å². The number of carbonyl (C=O) groups excluding carboxylic acids is 1. The van der Waals surface area contributed by atoms with Crippen LogP contribution in [-0.4, -0.2) is 30.5 Å². The van der Waals surface area contributed by atoms with Gasteiger partial charge in [0, 0.05) is 31.2 Å². The van der Waals surface area contributed by atoms with Crippen LogP contribution in [0, 0.1) is 0 Å². The van der Waals surface area contributed by atoms with Crippen molar-refractivity contribution in [2.45, 2.75) is 0 Å². The van der Waals surface area contributed by atoms with Gasteiger partial charge in [0.05, 0.1) is 6.54 Å².